The highest BCUT2D eigenvalue weighted by atomic mass is 32.2. The molecule has 7 nitrogen and oxygen atoms in total. The molecule has 1 saturated heterocycles. The van der Waals surface area contributed by atoms with Gasteiger partial charge in [0.2, 0.25) is 15.6 Å². The average Bonchev–Trinajstić information content (AvgIpc) is 3.57. The highest BCUT2D eigenvalue weighted by molar-refractivity contribution is 7.89. The Hall–Kier alpha value is -4.15. The molecule has 0 spiro atoms. The van der Waals surface area contributed by atoms with Crippen molar-refractivity contribution in [2.45, 2.75) is 30.1 Å². The second kappa shape index (κ2) is 10.0. The Morgan fingerprint density at radius 3 is 2.54 bits per heavy atom. The normalized spacial score (nSPS) is 17.9. The van der Waals surface area contributed by atoms with Crippen LogP contribution >= 0.6 is 0 Å². The lowest BCUT2D eigenvalue weighted by Gasteiger charge is -2.32. The summed E-state index contributed by atoms with van der Waals surface area (Å²) in [6.45, 7) is 2.27. The maximum absolute atomic E-state index is 14.6. The molecule has 0 N–H and O–H groups in total. The number of aromatic nitrogens is 3. The fourth-order valence-electron chi connectivity index (χ4n) is 5.96. The van der Waals surface area contributed by atoms with Gasteiger partial charge >= 0.3 is 0 Å². The van der Waals surface area contributed by atoms with Gasteiger partial charge in [0.15, 0.2) is 0 Å². The van der Waals surface area contributed by atoms with Gasteiger partial charge in [-0.25, -0.2) is 21.9 Å². The van der Waals surface area contributed by atoms with E-state index in [-0.39, 0.29) is 18.6 Å². The van der Waals surface area contributed by atoms with Gasteiger partial charge in [-0.3, -0.25) is 4.79 Å². The van der Waals surface area contributed by atoms with Gasteiger partial charge in [-0.2, -0.15) is 9.40 Å². The van der Waals surface area contributed by atoms with Crippen molar-refractivity contribution in [1.82, 2.24) is 18.7 Å². The summed E-state index contributed by atoms with van der Waals surface area (Å²) in [5.41, 5.74) is 3.83. The predicted octanol–water partition coefficient (Wildman–Crippen LogP) is 4.89. The van der Waals surface area contributed by atoms with E-state index in [9.17, 15) is 22.0 Å². The number of hydrogen-bond acceptors (Lipinski definition) is 4. The summed E-state index contributed by atoms with van der Waals surface area (Å²) >= 11 is 0. The zero-order chi connectivity index (χ0) is 28.9. The number of sulfonamides is 1. The zero-order valence-corrected chi connectivity index (χ0v) is 23.4. The number of benzene rings is 3. The highest BCUT2D eigenvalue weighted by Gasteiger charge is 2.45. The van der Waals surface area contributed by atoms with Crippen LogP contribution in [0.5, 0.6) is 0 Å². The van der Waals surface area contributed by atoms with Crippen molar-refractivity contribution in [1.29, 1.82) is 0 Å². The summed E-state index contributed by atoms with van der Waals surface area (Å²) in [6, 6.07) is 19.6. The molecule has 1 atom stereocenters. The van der Waals surface area contributed by atoms with Gasteiger partial charge in [0.25, 0.3) is 0 Å². The van der Waals surface area contributed by atoms with Gasteiger partial charge in [-0.15, -0.1) is 0 Å². The van der Waals surface area contributed by atoms with Crippen molar-refractivity contribution in [2.75, 3.05) is 13.1 Å². The van der Waals surface area contributed by atoms with Crippen LogP contribution < -0.4 is 5.56 Å². The lowest BCUT2D eigenvalue weighted by Crippen LogP contribution is -2.37. The molecular formula is C31H28F2N4O3S. The van der Waals surface area contributed by atoms with Gasteiger partial charge in [-0.1, -0.05) is 30.3 Å². The van der Waals surface area contributed by atoms with E-state index >= 15 is 0 Å². The summed E-state index contributed by atoms with van der Waals surface area (Å²) in [4.78, 5) is 11.3. The molecule has 0 amide bonds. The summed E-state index contributed by atoms with van der Waals surface area (Å²) in [5, 5.41) is 5.45. The minimum atomic E-state index is -4.28. The molecule has 1 unspecified atom stereocenters. The van der Waals surface area contributed by atoms with Crippen LogP contribution in [0, 0.1) is 18.6 Å². The van der Waals surface area contributed by atoms with Gasteiger partial charge in [0.05, 0.1) is 17.4 Å². The smallest absolute Gasteiger partial charge is 0.250 e. The van der Waals surface area contributed by atoms with E-state index < -0.39 is 32.0 Å². The first kappa shape index (κ1) is 27.0. The molecule has 0 bridgehead atoms. The monoisotopic (exact) mass is 574 g/mol. The lowest BCUT2D eigenvalue weighted by molar-refractivity contribution is 0.411. The fourth-order valence-corrected chi connectivity index (χ4v) is 7.56. The summed E-state index contributed by atoms with van der Waals surface area (Å²) in [5.74, 6) is -1.79. The topological polar surface area (TPSA) is 77.2 Å². The first-order valence-electron chi connectivity index (χ1n) is 13.2. The van der Waals surface area contributed by atoms with Crippen molar-refractivity contribution in [3.05, 3.63) is 124 Å². The van der Waals surface area contributed by atoms with Crippen molar-refractivity contribution >= 4 is 20.9 Å². The van der Waals surface area contributed by atoms with E-state index in [1.165, 1.54) is 14.9 Å². The second-order valence-electron chi connectivity index (χ2n) is 10.7. The van der Waals surface area contributed by atoms with Crippen molar-refractivity contribution in [2.24, 2.45) is 7.05 Å². The number of nitrogens with zero attached hydrogens (tertiary/aromatic N) is 4. The quantitative estimate of drug-likeness (QED) is 0.290. The van der Waals surface area contributed by atoms with Crippen LogP contribution in [0.1, 0.15) is 23.1 Å². The number of hydrogen-bond donors (Lipinski definition) is 0. The maximum Gasteiger partial charge on any atom is 0.250 e. The molecule has 1 fully saturated rings. The number of fused-ring (bicyclic) bond motifs is 1. The third-order valence-corrected chi connectivity index (χ3v) is 9.88. The molecule has 3 heterocycles. The van der Waals surface area contributed by atoms with Gasteiger partial charge < -0.3 is 4.57 Å². The lowest BCUT2D eigenvalue weighted by atomic mass is 9.73. The van der Waals surface area contributed by atoms with E-state index in [1.807, 2.05) is 43.3 Å². The molecular weight excluding hydrogens is 546 g/mol. The van der Waals surface area contributed by atoms with E-state index in [1.54, 1.807) is 30.2 Å². The first-order valence-corrected chi connectivity index (χ1v) is 14.7. The van der Waals surface area contributed by atoms with Crippen LogP contribution in [0.2, 0.25) is 0 Å². The summed E-state index contributed by atoms with van der Waals surface area (Å²) in [7, 11) is -2.60. The maximum atomic E-state index is 14.6. The van der Waals surface area contributed by atoms with Gasteiger partial charge in [0, 0.05) is 43.2 Å². The third kappa shape index (κ3) is 4.76. The molecule has 210 valence electrons. The van der Waals surface area contributed by atoms with Crippen LogP contribution in [-0.2, 0) is 28.9 Å². The average molecular weight is 575 g/mol. The van der Waals surface area contributed by atoms with Crippen LogP contribution in [-0.4, -0.2) is 40.2 Å². The Morgan fingerprint density at radius 1 is 1.00 bits per heavy atom. The van der Waals surface area contributed by atoms with Crippen molar-refractivity contribution in [3.63, 3.8) is 0 Å². The predicted molar refractivity (Wildman–Crippen MR) is 153 cm³/mol. The molecule has 6 rings (SSSR count). The number of aryl methyl sites for hydroxylation is 2. The van der Waals surface area contributed by atoms with E-state index in [0.717, 1.165) is 51.5 Å². The number of halogens is 2. The molecule has 1 aliphatic heterocycles. The van der Waals surface area contributed by atoms with E-state index in [2.05, 4.69) is 11.2 Å². The molecule has 0 aliphatic carbocycles. The zero-order valence-electron chi connectivity index (χ0n) is 22.6. The van der Waals surface area contributed by atoms with Crippen LogP contribution in [0.25, 0.3) is 16.6 Å². The minimum absolute atomic E-state index is 0.113. The molecule has 10 heteroatoms. The van der Waals surface area contributed by atoms with Crippen LogP contribution in [0.15, 0.2) is 94.9 Å². The van der Waals surface area contributed by atoms with Crippen LogP contribution in [0.4, 0.5) is 8.78 Å². The first-order chi connectivity index (χ1) is 19.6. The highest BCUT2D eigenvalue weighted by Crippen LogP contribution is 2.43. The van der Waals surface area contributed by atoms with Crippen molar-refractivity contribution in [3.8, 4) is 5.69 Å². The number of rotatable bonds is 6. The Labute approximate surface area is 236 Å². The van der Waals surface area contributed by atoms with E-state index in [0.29, 0.717) is 12.8 Å². The molecule has 0 radical (unpaired) electrons. The minimum Gasteiger partial charge on any atom is -0.316 e. The van der Waals surface area contributed by atoms with Gasteiger partial charge in [-0.05, 0) is 72.9 Å². The van der Waals surface area contributed by atoms with Crippen LogP contribution in [0.3, 0.4) is 0 Å². The molecule has 1 aliphatic rings. The molecule has 0 saturated carbocycles. The molecule has 3 aromatic carbocycles. The van der Waals surface area contributed by atoms with Crippen molar-refractivity contribution < 1.29 is 17.2 Å². The molecule has 5 aromatic rings. The molecule has 2 aromatic heterocycles. The largest absolute Gasteiger partial charge is 0.316 e. The molecule has 41 heavy (non-hydrogen) atoms. The summed E-state index contributed by atoms with van der Waals surface area (Å²) < 4.78 is 60.2. The Bertz CT molecular complexity index is 1950. The van der Waals surface area contributed by atoms with Gasteiger partial charge in [0.1, 0.15) is 16.5 Å². The Balaban J connectivity index is 1.45. The summed E-state index contributed by atoms with van der Waals surface area (Å²) in [6.07, 6.45) is 4.54. The standard InChI is InChI=1S/C31H28F2N4O3S/c1-21-14-28-23(18-34-37(28)25-9-11-30(38)35(2)19-25)15-26(21)31(17-22-6-4-3-5-7-22)12-13-36(20-31)41(39,40)29-16-24(32)8-10-27(29)33/h3-11,14-16,18-19H,12-13,17,20H2,1-2H3. The Kier molecular flexibility index (Phi) is 6.62. The van der Waals surface area contributed by atoms with E-state index in [4.69, 9.17) is 0 Å². The fraction of sp³-hybridized carbons (Fsp3) is 0.226. The number of pyridine rings is 1. The SMILES string of the molecule is Cc1cc2c(cnn2-c2ccc(=O)n(C)c2)cc1C1(Cc2ccccc2)CCN(S(=O)(=O)c2cc(F)ccc2F)C1. The third-order valence-electron chi connectivity index (χ3n) is 8.02. The second-order valence-corrected chi connectivity index (χ2v) is 12.6. The Morgan fingerprint density at radius 2 is 1.78 bits per heavy atom.